The Hall–Kier alpha value is -1.32. The van der Waals surface area contributed by atoms with Gasteiger partial charge in [-0.2, -0.15) is 0 Å². The quantitative estimate of drug-likeness (QED) is 0.886. The van der Waals surface area contributed by atoms with E-state index in [-0.39, 0.29) is 0 Å². The van der Waals surface area contributed by atoms with Crippen molar-refractivity contribution < 1.29 is 4.42 Å². The molecule has 0 atom stereocenters. The molecule has 0 bridgehead atoms. The summed E-state index contributed by atoms with van der Waals surface area (Å²) in [7, 11) is 0. The molecule has 0 saturated heterocycles. The van der Waals surface area contributed by atoms with Gasteiger partial charge in [0.1, 0.15) is 5.76 Å². The molecule has 2 rings (SSSR count). The van der Waals surface area contributed by atoms with Crippen molar-refractivity contribution in [2.24, 2.45) is 0 Å². The number of hydrogen-bond acceptors (Lipinski definition) is 3. The zero-order valence-electron chi connectivity index (χ0n) is 9.74. The maximum atomic E-state index is 5.90. The number of oxazole rings is 1. The van der Waals surface area contributed by atoms with Gasteiger partial charge in [0.15, 0.2) is 0 Å². The fourth-order valence-electron chi connectivity index (χ4n) is 1.55. The molecule has 1 aromatic heterocycles. The van der Waals surface area contributed by atoms with E-state index in [9.17, 15) is 0 Å². The second-order valence-electron chi connectivity index (χ2n) is 3.81. The lowest BCUT2D eigenvalue weighted by atomic mass is 10.2. The molecule has 0 amide bonds. The van der Waals surface area contributed by atoms with E-state index in [2.05, 4.69) is 10.3 Å². The van der Waals surface area contributed by atoms with E-state index >= 15 is 0 Å². The van der Waals surface area contributed by atoms with Crippen molar-refractivity contribution in [2.45, 2.75) is 26.4 Å². The lowest BCUT2D eigenvalue weighted by Gasteiger charge is -2.02. The summed E-state index contributed by atoms with van der Waals surface area (Å²) < 4.78 is 5.49. The molecule has 1 heterocycles. The topological polar surface area (TPSA) is 38.1 Å². The molecule has 1 N–H and O–H groups in total. The van der Waals surface area contributed by atoms with Gasteiger partial charge in [-0.25, -0.2) is 4.98 Å². The molecular weight excluding hydrogens is 236 g/mol. The molecule has 4 heteroatoms. The lowest BCUT2D eigenvalue weighted by molar-refractivity contribution is 0.439. The van der Waals surface area contributed by atoms with E-state index in [1.807, 2.05) is 31.2 Å². The van der Waals surface area contributed by atoms with Crippen LogP contribution in [0, 0.1) is 0 Å². The third-order valence-corrected chi connectivity index (χ3v) is 2.68. The highest BCUT2D eigenvalue weighted by Gasteiger charge is 2.01. The van der Waals surface area contributed by atoms with Gasteiger partial charge in [0, 0.05) is 18.0 Å². The van der Waals surface area contributed by atoms with Gasteiger partial charge in [0.2, 0.25) is 5.89 Å². The fraction of sp³-hybridized carbons (Fsp3) is 0.308. The Morgan fingerprint density at radius 3 is 2.94 bits per heavy atom. The highest BCUT2D eigenvalue weighted by atomic mass is 35.5. The summed E-state index contributed by atoms with van der Waals surface area (Å²) in [5.74, 6) is 1.65. The number of benzene rings is 1. The van der Waals surface area contributed by atoms with Crippen LogP contribution in [0.1, 0.15) is 24.1 Å². The summed E-state index contributed by atoms with van der Waals surface area (Å²) in [6.45, 7) is 3.43. The van der Waals surface area contributed by atoms with E-state index in [1.165, 1.54) is 0 Å². The third-order valence-electron chi connectivity index (χ3n) is 2.44. The second kappa shape index (κ2) is 5.84. The first kappa shape index (κ1) is 12.1. The highest BCUT2D eigenvalue weighted by molar-refractivity contribution is 6.30. The van der Waals surface area contributed by atoms with Crippen LogP contribution in [0.25, 0.3) is 0 Å². The molecule has 90 valence electrons. The molecular formula is C13H15ClN2O. The third kappa shape index (κ3) is 3.58. The average Bonchev–Trinajstić information content (AvgIpc) is 2.77. The van der Waals surface area contributed by atoms with Gasteiger partial charge in [-0.05, 0) is 17.7 Å². The smallest absolute Gasteiger partial charge is 0.208 e. The van der Waals surface area contributed by atoms with Crippen molar-refractivity contribution in [3.8, 4) is 0 Å². The molecule has 0 radical (unpaired) electrons. The molecule has 3 nitrogen and oxygen atoms in total. The number of hydrogen-bond donors (Lipinski definition) is 1. The Kier molecular flexibility index (Phi) is 4.18. The number of aromatic nitrogens is 1. The maximum absolute atomic E-state index is 5.90. The van der Waals surface area contributed by atoms with Crippen LogP contribution in [0.3, 0.4) is 0 Å². The molecule has 0 aliphatic carbocycles. The van der Waals surface area contributed by atoms with Crippen molar-refractivity contribution in [3.05, 3.63) is 52.7 Å². The number of halogens is 1. The average molecular weight is 251 g/mol. The normalized spacial score (nSPS) is 10.7. The van der Waals surface area contributed by atoms with Crippen molar-refractivity contribution in [3.63, 3.8) is 0 Å². The van der Waals surface area contributed by atoms with Crippen molar-refractivity contribution in [1.29, 1.82) is 0 Å². The van der Waals surface area contributed by atoms with E-state index in [1.54, 1.807) is 6.20 Å². The standard InChI is InChI=1S/C13H15ClN2O/c1-2-12-8-16-13(17-12)9-15-7-10-4-3-5-11(14)6-10/h3-6,8,15H,2,7,9H2,1H3. The molecule has 0 fully saturated rings. The SMILES string of the molecule is CCc1cnc(CNCc2cccc(Cl)c2)o1. The molecule has 0 aliphatic rings. The first-order valence-corrected chi connectivity index (χ1v) is 6.04. The zero-order valence-corrected chi connectivity index (χ0v) is 10.5. The van der Waals surface area contributed by atoms with Crippen molar-refractivity contribution in [1.82, 2.24) is 10.3 Å². The Morgan fingerprint density at radius 2 is 2.24 bits per heavy atom. The van der Waals surface area contributed by atoms with Gasteiger partial charge in [-0.15, -0.1) is 0 Å². The predicted molar refractivity (Wildman–Crippen MR) is 67.9 cm³/mol. The van der Waals surface area contributed by atoms with E-state index < -0.39 is 0 Å². The Morgan fingerprint density at radius 1 is 1.35 bits per heavy atom. The second-order valence-corrected chi connectivity index (χ2v) is 4.24. The number of rotatable bonds is 5. The van der Waals surface area contributed by atoms with Crippen LogP contribution in [0.5, 0.6) is 0 Å². The molecule has 0 unspecified atom stereocenters. The van der Waals surface area contributed by atoms with Gasteiger partial charge in [0.05, 0.1) is 12.7 Å². The summed E-state index contributed by atoms with van der Waals surface area (Å²) in [5, 5.41) is 4.03. The fourth-order valence-corrected chi connectivity index (χ4v) is 1.77. The maximum Gasteiger partial charge on any atom is 0.208 e. The number of nitrogens with one attached hydrogen (secondary N) is 1. The van der Waals surface area contributed by atoms with E-state index in [0.29, 0.717) is 6.54 Å². The minimum Gasteiger partial charge on any atom is -0.444 e. The Bertz CT molecular complexity index is 482. The van der Waals surface area contributed by atoms with E-state index in [0.717, 1.165) is 35.2 Å². The van der Waals surface area contributed by atoms with Crippen LogP contribution in [0.2, 0.25) is 5.02 Å². The molecule has 0 saturated carbocycles. The van der Waals surface area contributed by atoms with Crippen molar-refractivity contribution >= 4 is 11.6 Å². The molecule has 17 heavy (non-hydrogen) atoms. The summed E-state index contributed by atoms with van der Waals surface area (Å²) in [6.07, 6.45) is 2.65. The molecule has 0 spiro atoms. The first-order chi connectivity index (χ1) is 8.28. The van der Waals surface area contributed by atoms with Gasteiger partial charge in [-0.1, -0.05) is 30.7 Å². The Balaban J connectivity index is 1.83. The first-order valence-electron chi connectivity index (χ1n) is 5.66. The summed E-state index contributed by atoms with van der Waals surface area (Å²) in [4.78, 5) is 4.18. The van der Waals surface area contributed by atoms with Crippen molar-refractivity contribution in [2.75, 3.05) is 0 Å². The van der Waals surface area contributed by atoms with E-state index in [4.69, 9.17) is 16.0 Å². The van der Waals surface area contributed by atoms with Crippen LogP contribution in [-0.4, -0.2) is 4.98 Å². The Labute approximate surface area is 106 Å². The zero-order chi connectivity index (χ0) is 12.1. The monoisotopic (exact) mass is 250 g/mol. The minimum atomic E-state index is 0.631. The summed E-state index contributed by atoms with van der Waals surface area (Å²) in [6, 6.07) is 7.79. The van der Waals surface area contributed by atoms with Crippen LogP contribution in [0.4, 0.5) is 0 Å². The summed E-state index contributed by atoms with van der Waals surface area (Å²) >= 11 is 5.90. The van der Waals surface area contributed by atoms with Gasteiger partial charge < -0.3 is 9.73 Å². The largest absolute Gasteiger partial charge is 0.444 e. The minimum absolute atomic E-state index is 0.631. The van der Waals surface area contributed by atoms with Gasteiger partial charge >= 0.3 is 0 Å². The van der Waals surface area contributed by atoms with Crippen LogP contribution < -0.4 is 5.32 Å². The van der Waals surface area contributed by atoms with Gasteiger partial charge in [0.25, 0.3) is 0 Å². The van der Waals surface area contributed by atoms with Crippen LogP contribution >= 0.6 is 11.6 Å². The predicted octanol–water partition coefficient (Wildman–Crippen LogP) is 3.18. The molecule has 2 aromatic rings. The number of aryl methyl sites for hydroxylation is 1. The number of nitrogens with zero attached hydrogens (tertiary/aromatic N) is 1. The van der Waals surface area contributed by atoms with Crippen LogP contribution in [-0.2, 0) is 19.5 Å². The molecule has 1 aromatic carbocycles. The summed E-state index contributed by atoms with van der Waals surface area (Å²) in [5.41, 5.74) is 1.15. The van der Waals surface area contributed by atoms with Gasteiger partial charge in [-0.3, -0.25) is 0 Å². The highest BCUT2D eigenvalue weighted by Crippen LogP contribution is 2.10. The van der Waals surface area contributed by atoms with Crippen LogP contribution in [0.15, 0.2) is 34.9 Å². The molecule has 0 aliphatic heterocycles. The lowest BCUT2D eigenvalue weighted by Crippen LogP contribution is -2.12.